The lowest BCUT2D eigenvalue weighted by molar-refractivity contribution is -0.140. The third kappa shape index (κ3) is 3.57. The number of methoxy groups -OCH3 is 2. The fourth-order valence-corrected chi connectivity index (χ4v) is 3.18. The summed E-state index contributed by atoms with van der Waals surface area (Å²) in [6.07, 6.45) is 0. The van der Waals surface area contributed by atoms with Gasteiger partial charge in [-0.25, -0.2) is 0 Å². The monoisotopic (exact) mass is 367 g/mol. The Bertz CT molecular complexity index is 858. The summed E-state index contributed by atoms with van der Waals surface area (Å²) in [5.41, 5.74) is 1.27. The lowest BCUT2D eigenvalue weighted by atomic mass is 9.95. The number of benzene rings is 2. The molecule has 2 aromatic carbocycles. The second-order valence-electron chi connectivity index (χ2n) is 6.12. The van der Waals surface area contributed by atoms with Gasteiger partial charge in [0.25, 0.3) is 11.7 Å². The van der Waals surface area contributed by atoms with Gasteiger partial charge in [-0.3, -0.25) is 9.59 Å². The Kier molecular flexibility index (Phi) is 5.57. The van der Waals surface area contributed by atoms with Crippen molar-refractivity contribution < 1.29 is 24.2 Å². The molecule has 1 aliphatic rings. The van der Waals surface area contributed by atoms with Gasteiger partial charge in [-0.15, -0.1) is 0 Å². The molecule has 27 heavy (non-hydrogen) atoms. The molecule has 1 amide bonds. The maximum absolute atomic E-state index is 12.7. The molecular formula is C21H21NO5. The maximum atomic E-state index is 12.7. The molecule has 2 aromatic rings. The molecule has 0 aromatic heterocycles. The number of nitrogens with zero attached hydrogens (tertiary/aromatic N) is 1. The number of carbonyl (C=O) groups is 2. The van der Waals surface area contributed by atoms with Gasteiger partial charge < -0.3 is 19.5 Å². The maximum Gasteiger partial charge on any atom is 0.295 e. The first-order valence-corrected chi connectivity index (χ1v) is 8.55. The summed E-state index contributed by atoms with van der Waals surface area (Å²) in [6, 6.07) is 15.1. The summed E-state index contributed by atoms with van der Waals surface area (Å²) >= 11 is 0. The van der Waals surface area contributed by atoms with Gasteiger partial charge in [-0.05, 0) is 17.7 Å². The molecular weight excluding hydrogens is 346 g/mol. The zero-order valence-corrected chi connectivity index (χ0v) is 15.2. The van der Waals surface area contributed by atoms with E-state index in [1.54, 1.807) is 55.6 Å². The van der Waals surface area contributed by atoms with Crippen LogP contribution in [0.4, 0.5) is 0 Å². The molecule has 0 bridgehead atoms. The molecule has 6 heteroatoms. The molecule has 1 aliphatic heterocycles. The number of amides is 1. The third-order valence-corrected chi connectivity index (χ3v) is 4.56. The van der Waals surface area contributed by atoms with Crippen LogP contribution in [-0.4, -0.2) is 49.1 Å². The Balaban J connectivity index is 2.13. The van der Waals surface area contributed by atoms with E-state index in [1.165, 1.54) is 12.0 Å². The first kappa shape index (κ1) is 18.7. The van der Waals surface area contributed by atoms with Crippen LogP contribution in [0.3, 0.4) is 0 Å². The fraction of sp³-hybridized carbons (Fsp3) is 0.238. The van der Waals surface area contributed by atoms with Crippen LogP contribution in [0.1, 0.15) is 17.2 Å². The van der Waals surface area contributed by atoms with Crippen molar-refractivity contribution in [1.82, 2.24) is 4.90 Å². The number of hydrogen-bond acceptors (Lipinski definition) is 5. The van der Waals surface area contributed by atoms with E-state index >= 15 is 0 Å². The van der Waals surface area contributed by atoms with Gasteiger partial charge in [0.1, 0.15) is 11.5 Å². The molecule has 1 heterocycles. The van der Waals surface area contributed by atoms with Crippen molar-refractivity contribution in [2.24, 2.45) is 0 Å². The van der Waals surface area contributed by atoms with Gasteiger partial charge in [0, 0.05) is 19.2 Å². The van der Waals surface area contributed by atoms with Gasteiger partial charge in [0.2, 0.25) is 0 Å². The second kappa shape index (κ2) is 8.05. The van der Waals surface area contributed by atoms with Crippen LogP contribution >= 0.6 is 0 Å². The van der Waals surface area contributed by atoms with E-state index < -0.39 is 17.7 Å². The molecule has 3 rings (SSSR count). The van der Waals surface area contributed by atoms with E-state index in [4.69, 9.17) is 9.47 Å². The van der Waals surface area contributed by atoms with E-state index in [9.17, 15) is 14.7 Å². The number of hydrogen-bond donors (Lipinski definition) is 1. The predicted molar refractivity (Wildman–Crippen MR) is 100 cm³/mol. The van der Waals surface area contributed by atoms with Crippen LogP contribution in [0.5, 0.6) is 5.75 Å². The number of aliphatic hydroxyl groups is 1. The number of likely N-dealkylation sites (tertiary alicyclic amines) is 1. The largest absolute Gasteiger partial charge is 0.507 e. The highest BCUT2D eigenvalue weighted by Crippen LogP contribution is 2.39. The minimum absolute atomic E-state index is 0.0764. The van der Waals surface area contributed by atoms with Gasteiger partial charge in [-0.2, -0.15) is 0 Å². The number of aliphatic hydroxyl groups excluding tert-OH is 1. The van der Waals surface area contributed by atoms with E-state index in [2.05, 4.69) is 0 Å². The topological polar surface area (TPSA) is 76.1 Å². The van der Waals surface area contributed by atoms with Crippen molar-refractivity contribution in [3.63, 3.8) is 0 Å². The van der Waals surface area contributed by atoms with Crippen LogP contribution < -0.4 is 4.74 Å². The number of Topliss-reactive ketones (excluding diaryl/α,β-unsaturated/α-hetero) is 1. The van der Waals surface area contributed by atoms with Crippen LogP contribution in [-0.2, 0) is 14.3 Å². The van der Waals surface area contributed by atoms with Crippen molar-refractivity contribution in [2.45, 2.75) is 6.04 Å². The molecule has 140 valence electrons. The Morgan fingerprint density at radius 2 is 1.70 bits per heavy atom. The summed E-state index contributed by atoms with van der Waals surface area (Å²) in [4.78, 5) is 26.8. The van der Waals surface area contributed by atoms with Crippen molar-refractivity contribution in [2.75, 3.05) is 27.4 Å². The van der Waals surface area contributed by atoms with Crippen molar-refractivity contribution in [3.05, 3.63) is 71.3 Å². The quantitative estimate of drug-likeness (QED) is 0.483. The Hall–Kier alpha value is -3.12. The normalized spacial score (nSPS) is 18.7. The van der Waals surface area contributed by atoms with Gasteiger partial charge in [-0.1, -0.05) is 42.5 Å². The van der Waals surface area contributed by atoms with Crippen molar-refractivity contribution >= 4 is 17.4 Å². The van der Waals surface area contributed by atoms with Gasteiger partial charge >= 0.3 is 0 Å². The minimum Gasteiger partial charge on any atom is -0.507 e. The molecule has 0 spiro atoms. The summed E-state index contributed by atoms with van der Waals surface area (Å²) in [5.74, 6) is -0.871. The highest BCUT2D eigenvalue weighted by Gasteiger charge is 2.45. The van der Waals surface area contributed by atoms with E-state index in [0.717, 1.165) is 0 Å². The fourth-order valence-electron chi connectivity index (χ4n) is 3.18. The van der Waals surface area contributed by atoms with Crippen LogP contribution in [0.25, 0.3) is 5.76 Å². The Morgan fingerprint density at radius 3 is 2.30 bits per heavy atom. The first-order chi connectivity index (χ1) is 13.1. The summed E-state index contributed by atoms with van der Waals surface area (Å²) in [5, 5.41) is 10.8. The molecule has 0 saturated carbocycles. The third-order valence-electron chi connectivity index (χ3n) is 4.56. The van der Waals surface area contributed by atoms with Crippen LogP contribution in [0, 0.1) is 0 Å². The van der Waals surface area contributed by atoms with Crippen molar-refractivity contribution in [3.8, 4) is 5.75 Å². The molecule has 6 nitrogen and oxygen atoms in total. The number of ketones is 1. The lowest BCUT2D eigenvalue weighted by Gasteiger charge is -2.25. The molecule has 1 N–H and O–H groups in total. The highest BCUT2D eigenvalue weighted by atomic mass is 16.5. The van der Waals surface area contributed by atoms with E-state index in [-0.39, 0.29) is 24.5 Å². The average molecular weight is 367 g/mol. The zero-order chi connectivity index (χ0) is 19.4. The van der Waals surface area contributed by atoms with Crippen LogP contribution in [0.15, 0.2) is 60.2 Å². The molecule has 0 radical (unpaired) electrons. The van der Waals surface area contributed by atoms with E-state index in [0.29, 0.717) is 16.9 Å². The summed E-state index contributed by atoms with van der Waals surface area (Å²) < 4.78 is 10.3. The van der Waals surface area contributed by atoms with Crippen molar-refractivity contribution in [1.29, 1.82) is 0 Å². The first-order valence-electron chi connectivity index (χ1n) is 8.55. The standard InChI is InChI=1S/C21H21NO5/c1-26-13-12-22-18(14-8-10-16(27-2)11-9-14)17(20(24)21(22)25)19(23)15-6-4-3-5-7-15/h3-11,18,23H,12-13H2,1-2H3/t18-/m1/s1. The lowest BCUT2D eigenvalue weighted by Crippen LogP contribution is -2.32. The molecule has 1 fully saturated rings. The molecule has 0 unspecified atom stereocenters. The van der Waals surface area contributed by atoms with Crippen LogP contribution in [0.2, 0.25) is 0 Å². The Morgan fingerprint density at radius 1 is 1.04 bits per heavy atom. The number of rotatable bonds is 6. The SMILES string of the molecule is COCCN1C(=O)C(=O)C(=C(O)c2ccccc2)[C@H]1c1ccc(OC)cc1. The highest BCUT2D eigenvalue weighted by molar-refractivity contribution is 6.46. The smallest absolute Gasteiger partial charge is 0.295 e. The number of ether oxygens (including phenoxy) is 2. The minimum atomic E-state index is -0.701. The average Bonchev–Trinajstić information content (AvgIpc) is 2.97. The zero-order valence-electron chi connectivity index (χ0n) is 15.2. The second-order valence-corrected chi connectivity index (χ2v) is 6.12. The molecule has 1 atom stereocenters. The number of carbonyl (C=O) groups excluding carboxylic acids is 2. The van der Waals surface area contributed by atoms with E-state index in [1.807, 2.05) is 6.07 Å². The summed E-state index contributed by atoms with van der Waals surface area (Å²) in [6.45, 7) is 0.522. The Labute approximate surface area is 157 Å². The molecule has 1 saturated heterocycles. The van der Waals surface area contributed by atoms with Gasteiger partial charge in [0.05, 0.1) is 25.3 Å². The summed E-state index contributed by atoms with van der Waals surface area (Å²) in [7, 11) is 3.10. The van der Waals surface area contributed by atoms with Gasteiger partial charge in [0.15, 0.2) is 0 Å². The molecule has 0 aliphatic carbocycles. The predicted octanol–water partition coefficient (Wildman–Crippen LogP) is 2.76.